The fourth-order valence-corrected chi connectivity index (χ4v) is 4.62. The van der Waals surface area contributed by atoms with Gasteiger partial charge in [-0.05, 0) is 43.9 Å². The number of sulfonamides is 1. The van der Waals surface area contributed by atoms with Crippen LogP contribution < -0.4 is 14.4 Å². The van der Waals surface area contributed by atoms with Crippen LogP contribution in [0.5, 0.6) is 5.75 Å². The molecule has 0 aromatic heterocycles. The molecule has 1 atom stereocenters. The number of nitrogens with one attached hydrogen (secondary N) is 1. The van der Waals surface area contributed by atoms with E-state index in [0.29, 0.717) is 25.3 Å². The quantitative estimate of drug-likeness (QED) is 0.437. The molecule has 0 aliphatic heterocycles. The maximum Gasteiger partial charge on any atom is 0.244 e. The van der Waals surface area contributed by atoms with E-state index in [4.69, 9.17) is 4.74 Å². The van der Waals surface area contributed by atoms with Crippen LogP contribution in [0.25, 0.3) is 0 Å². The number of carbonyl (C=O) groups is 2. The second kappa shape index (κ2) is 13.3. The Morgan fingerprint density at radius 3 is 2.22 bits per heavy atom. The van der Waals surface area contributed by atoms with Crippen molar-refractivity contribution in [3.05, 3.63) is 59.7 Å². The Hall–Kier alpha value is -3.07. The smallest absolute Gasteiger partial charge is 0.244 e. The van der Waals surface area contributed by atoms with Crippen molar-refractivity contribution in [3.8, 4) is 5.75 Å². The van der Waals surface area contributed by atoms with Crippen molar-refractivity contribution in [1.82, 2.24) is 10.2 Å². The molecule has 0 radical (unpaired) electrons. The predicted molar refractivity (Wildman–Crippen MR) is 143 cm³/mol. The molecule has 0 saturated carbocycles. The van der Waals surface area contributed by atoms with E-state index in [2.05, 4.69) is 5.32 Å². The highest BCUT2D eigenvalue weighted by atomic mass is 32.2. The first-order chi connectivity index (χ1) is 17.0. The molecule has 0 bridgehead atoms. The number of ether oxygens (including phenoxy) is 1. The number of anilines is 1. The summed E-state index contributed by atoms with van der Waals surface area (Å²) in [4.78, 5) is 28.3. The lowest BCUT2D eigenvalue weighted by Gasteiger charge is -2.33. The first-order valence-electron chi connectivity index (χ1n) is 12.3. The van der Waals surface area contributed by atoms with Gasteiger partial charge in [0.25, 0.3) is 0 Å². The number of nitrogens with zero attached hydrogens (tertiary/aromatic N) is 2. The average Bonchev–Trinajstić information content (AvgIpc) is 2.82. The minimum Gasteiger partial charge on any atom is -0.492 e. The minimum absolute atomic E-state index is 0.178. The van der Waals surface area contributed by atoms with Gasteiger partial charge in [-0.2, -0.15) is 0 Å². The van der Waals surface area contributed by atoms with Gasteiger partial charge < -0.3 is 15.0 Å². The Morgan fingerprint density at radius 2 is 1.67 bits per heavy atom. The predicted octanol–water partition coefficient (Wildman–Crippen LogP) is 3.74. The van der Waals surface area contributed by atoms with Crippen LogP contribution in [0.3, 0.4) is 0 Å². The van der Waals surface area contributed by atoms with Crippen LogP contribution in [0.2, 0.25) is 0 Å². The summed E-state index contributed by atoms with van der Waals surface area (Å²) in [6.45, 7) is 10.2. The van der Waals surface area contributed by atoms with Crippen LogP contribution >= 0.6 is 0 Å². The molecule has 0 unspecified atom stereocenters. The van der Waals surface area contributed by atoms with Crippen molar-refractivity contribution < 1.29 is 22.7 Å². The molecule has 198 valence electrons. The molecule has 9 heteroatoms. The van der Waals surface area contributed by atoms with Crippen molar-refractivity contribution in [2.45, 2.75) is 53.6 Å². The molecule has 0 heterocycles. The summed E-state index contributed by atoms with van der Waals surface area (Å²) < 4.78 is 32.3. The van der Waals surface area contributed by atoms with Crippen LogP contribution in [-0.2, 0) is 26.2 Å². The number of aryl methyl sites for hydroxylation is 1. The van der Waals surface area contributed by atoms with Crippen LogP contribution in [-0.4, -0.2) is 57.1 Å². The molecule has 2 rings (SSSR count). The van der Waals surface area contributed by atoms with Gasteiger partial charge >= 0.3 is 0 Å². The standard InChI is InChI=1S/C27H39N3O5S/c1-7-23(27(32)28-17-20(3)4)29(18-22-15-13-21(5)14-16-22)26(31)19-30(36(6,33)34)24-11-9-10-12-25(24)35-8-2/h9-16,20,23H,7-8,17-19H2,1-6H3,(H,28,32)/t23-/m1/s1. The highest BCUT2D eigenvalue weighted by molar-refractivity contribution is 7.92. The maximum absolute atomic E-state index is 13.8. The second-order valence-electron chi connectivity index (χ2n) is 9.24. The Labute approximate surface area is 215 Å². The Bertz CT molecular complexity index is 1120. The molecule has 2 amide bonds. The van der Waals surface area contributed by atoms with Gasteiger partial charge in [-0.15, -0.1) is 0 Å². The number of rotatable bonds is 13. The number of para-hydroxylation sites is 2. The first kappa shape index (κ1) is 29.2. The third kappa shape index (κ3) is 8.26. The molecule has 0 aliphatic rings. The first-order valence-corrected chi connectivity index (χ1v) is 14.1. The zero-order valence-electron chi connectivity index (χ0n) is 22.2. The van der Waals surface area contributed by atoms with Gasteiger partial charge in [0.1, 0.15) is 18.3 Å². The lowest BCUT2D eigenvalue weighted by Crippen LogP contribution is -2.52. The molecule has 0 aliphatic carbocycles. The van der Waals surface area contributed by atoms with E-state index < -0.39 is 28.5 Å². The third-order valence-electron chi connectivity index (χ3n) is 5.66. The van der Waals surface area contributed by atoms with Gasteiger partial charge in [0.15, 0.2) is 0 Å². The second-order valence-corrected chi connectivity index (χ2v) is 11.1. The third-order valence-corrected chi connectivity index (χ3v) is 6.78. The fraction of sp³-hybridized carbons (Fsp3) is 0.481. The van der Waals surface area contributed by atoms with E-state index in [-0.39, 0.29) is 24.1 Å². The molecular formula is C27H39N3O5S. The molecule has 0 saturated heterocycles. The summed E-state index contributed by atoms with van der Waals surface area (Å²) >= 11 is 0. The van der Waals surface area contributed by atoms with E-state index in [0.717, 1.165) is 21.7 Å². The van der Waals surface area contributed by atoms with Crippen LogP contribution in [0.15, 0.2) is 48.5 Å². The molecule has 0 fully saturated rings. The summed E-state index contributed by atoms with van der Waals surface area (Å²) in [5.74, 6) is -0.111. The van der Waals surface area contributed by atoms with Crippen LogP contribution in [0.4, 0.5) is 5.69 Å². The van der Waals surface area contributed by atoms with Gasteiger partial charge in [0, 0.05) is 13.1 Å². The molecular weight excluding hydrogens is 478 g/mol. The fourth-order valence-electron chi connectivity index (χ4n) is 3.77. The lowest BCUT2D eigenvalue weighted by molar-refractivity contribution is -0.140. The Morgan fingerprint density at radius 1 is 1.03 bits per heavy atom. The van der Waals surface area contributed by atoms with Gasteiger partial charge in [-0.25, -0.2) is 8.42 Å². The van der Waals surface area contributed by atoms with E-state index >= 15 is 0 Å². The van der Waals surface area contributed by atoms with Crippen LogP contribution in [0.1, 0.15) is 45.2 Å². The number of amides is 2. The minimum atomic E-state index is -3.83. The SMILES string of the molecule is CCOc1ccccc1N(CC(=O)N(Cc1ccc(C)cc1)[C@H](CC)C(=O)NCC(C)C)S(C)(=O)=O. The normalized spacial score (nSPS) is 12.2. The van der Waals surface area contributed by atoms with Crippen molar-refractivity contribution in [2.75, 3.05) is 30.3 Å². The maximum atomic E-state index is 13.8. The average molecular weight is 518 g/mol. The Kier molecular flexibility index (Phi) is 10.8. The molecule has 2 aromatic rings. The molecule has 1 N–H and O–H groups in total. The van der Waals surface area contributed by atoms with E-state index in [1.165, 1.54) is 4.90 Å². The summed E-state index contributed by atoms with van der Waals surface area (Å²) in [5.41, 5.74) is 2.21. The number of carbonyl (C=O) groups excluding carboxylic acids is 2. The monoisotopic (exact) mass is 517 g/mol. The van der Waals surface area contributed by atoms with Crippen molar-refractivity contribution in [1.29, 1.82) is 0 Å². The van der Waals surface area contributed by atoms with E-state index in [9.17, 15) is 18.0 Å². The van der Waals surface area contributed by atoms with Gasteiger partial charge in [0.2, 0.25) is 21.8 Å². The van der Waals surface area contributed by atoms with E-state index in [1.54, 1.807) is 31.2 Å². The highest BCUT2D eigenvalue weighted by Crippen LogP contribution is 2.30. The van der Waals surface area contributed by atoms with Gasteiger partial charge in [-0.1, -0.05) is 62.7 Å². The van der Waals surface area contributed by atoms with Crippen molar-refractivity contribution >= 4 is 27.5 Å². The van der Waals surface area contributed by atoms with Gasteiger partial charge in [0.05, 0.1) is 18.6 Å². The summed E-state index contributed by atoms with van der Waals surface area (Å²) in [5, 5.41) is 2.92. The zero-order chi connectivity index (χ0) is 26.9. The lowest BCUT2D eigenvalue weighted by atomic mass is 10.1. The zero-order valence-corrected chi connectivity index (χ0v) is 23.0. The number of hydrogen-bond donors (Lipinski definition) is 1. The summed E-state index contributed by atoms with van der Waals surface area (Å²) in [7, 11) is -3.83. The van der Waals surface area contributed by atoms with Crippen molar-refractivity contribution in [3.63, 3.8) is 0 Å². The number of hydrogen-bond acceptors (Lipinski definition) is 5. The molecule has 2 aromatic carbocycles. The molecule has 8 nitrogen and oxygen atoms in total. The molecule has 36 heavy (non-hydrogen) atoms. The highest BCUT2D eigenvalue weighted by Gasteiger charge is 2.32. The summed E-state index contributed by atoms with van der Waals surface area (Å²) in [6.07, 6.45) is 1.44. The van der Waals surface area contributed by atoms with Crippen molar-refractivity contribution in [2.24, 2.45) is 5.92 Å². The largest absolute Gasteiger partial charge is 0.492 e. The topological polar surface area (TPSA) is 96.0 Å². The van der Waals surface area contributed by atoms with Crippen LogP contribution in [0, 0.1) is 12.8 Å². The van der Waals surface area contributed by atoms with E-state index in [1.807, 2.05) is 52.0 Å². The van der Waals surface area contributed by atoms with Gasteiger partial charge in [-0.3, -0.25) is 13.9 Å². The number of benzene rings is 2. The molecule has 0 spiro atoms. The Balaban J connectivity index is 2.45. The summed E-state index contributed by atoms with van der Waals surface area (Å²) in [6, 6.07) is 13.7.